The van der Waals surface area contributed by atoms with Gasteiger partial charge in [0.25, 0.3) is 0 Å². The van der Waals surface area contributed by atoms with Crippen LogP contribution in [0.15, 0.2) is 24.3 Å². The summed E-state index contributed by atoms with van der Waals surface area (Å²) in [5.74, 6) is 0. The van der Waals surface area contributed by atoms with Crippen molar-refractivity contribution in [2.75, 3.05) is 27.2 Å². The molecular formula is C12H18ClN3S. The van der Waals surface area contributed by atoms with E-state index in [0.29, 0.717) is 11.7 Å². The molecular weight excluding hydrogens is 254 g/mol. The Morgan fingerprint density at radius 2 is 2.00 bits per heavy atom. The number of nitrogens with zero attached hydrogens (tertiary/aromatic N) is 1. The smallest absolute Gasteiger partial charge is 0.166 e. The number of hydrogen-bond acceptors (Lipinski definition) is 2. The molecule has 1 aromatic carbocycles. The average molecular weight is 272 g/mol. The van der Waals surface area contributed by atoms with Crippen molar-refractivity contribution in [3.05, 3.63) is 34.9 Å². The van der Waals surface area contributed by atoms with Crippen LogP contribution in [-0.4, -0.2) is 37.2 Å². The molecule has 0 aliphatic heterocycles. The highest BCUT2D eigenvalue weighted by atomic mass is 35.5. The normalized spacial score (nSPS) is 10.4. The Hall–Kier alpha value is -0.840. The summed E-state index contributed by atoms with van der Waals surface area (Å²) in [6.07, 6.45) is 0. The first-order valence-electron chi connectivity index (χ1n) is 5.49. The van der Waals surface area contributed by atoms with E-state index in [-0.39, 0.29) is 0 Å². The van der Waals surface area contributed by atoms with E-state index in [2.05, 4.69) is 15.5 Å². The summed E-state index contributed by atoms with van der Waals surface area (Å²) >= 11 is 11.2. The highest BCUT2D eigenvalue weighted by molar-refractivity contribution is 7.80. The third-order valence-corrected chi connectivity index (χ3v) is 2.90. The molecule has 0 atom stereocenters. The number of likely N-dealkylation sites (N-methyl/N-ethyl adjacent to an activating group) is 1. The highest BCUT2D eigenvalue weighted by Gasteiger charge is 2.00. The van der Waals surface area contributed by atoms with Crippen molar-refractivity contribution in [1.82, 2.24) is 15.5 Å². The third kappa shape index (κ3) is 5.86. The average Bonchev–Trinajstić information content (AvgIpc) is 2.27. The molecule has 0 bridgehead atoms. The van der Waals surface area contributed by atoms with Crippen molar-refractivity contribution in [3.8, 4) is 0 Å². The van der Waals surface area contributed by atoms with E-state index in [9.17, 15) is 0 Å². The van der Waals surface area contributed by atoms with E-state index in [4.69, 9.17) is 23.8 Å². The van der Waals surface area contributed by atoms with E-state index >= 15 is 0 Å². The molecule has 94 valence electrons. The molecule has 0 fully saturated rings. The van der Waals surface area contributed by atoms with Crippen molar-refractivity contribution >= 4 is 28.9 Å². The zero-order valence-electron chi connectivity index (χ0n) is 10.2. The second-order valence-corrected chi connectivity index (χ2v) is 4.82. The quantitative estimate of drug-likeness (QED) is 0.800. The van der Waals surface area contributed by atoms with Crippen LogP contribution in [0.3, 0.4) is 0 Å². The number of nitrogens with one attached hydrogen (secondary N) is 2. The lowest BCUT2D eigenvalue weighted by Gasteiger charge is -2.13. The number of rotatable bonds is 5. The first-order valence-corrected chi connectivity index (χ1v) is 6.28. The van der Waals surface area contributed by atoms with Crippen molar-refractivity contribution < 1.29 is 0 Å². The summed E-state index contributed by atoms with van der Waals surface area (Å²) in [5.41, 5.74) is 1.05. The van der Waals surface area contributed by atoms with Crippen LogP contribution in [0.5, 0.6) is 0 Å². The maximum Gasteiger partial charge on any atom is 0.166 e. The molecule has 0 aliphatic carbocycles. The largest absolute Gasteiger partial charge is 0.361 e. The first kappa shape index (κ1) is 14.2. The summed E-state index contributed by atoms with van der Waals surface area (Å²) < 4.78 is 0. The fourth-order valence-electron chi connectivity index (χ4n) is 1.27. The van der Waals surface area contributed by atoms with Crippen LogP contribution in [-0.2, 0) is 6.54 Å². The van der Waals surface area contributed by atoms with Gasteiger partial charge in [-0.05, 0) is 37.9 Å². The Morgan fingerprint density at radius 3 is 2.65 bits per heavy atom. The van der Waals surface area contributed by atoms with Crippen molar-refractivity contribution in [2.45, 2.75) is 6.54 Å². The van der Waals surface area contributed by atoms with E-state index in [1.807, 2.05) is 38.4 Å². The topological polar surface area (TPSA) is 27.3 Å². The summed E-state index contributed by atoms with van der Waals surface area (Å²) in [6, 6.07) is 7.74. The van der Waals surface area contributed by atoms with Gasteiger partial charge in [-0.25, -0.2) is 0 Å². The maximum atomic E-state index is 6.04. The minimum Gasteiger partial charge on any atom is -0.361 e. The van der Waals surface area contributed by atoms with Crippen LogP contribution in [0, 0.1) is 0 Å². The van der Waals surface area contributed by atoms with Crippen LogP contribution < -0.4 is 10.6 Å². The molecule has 1 aromatic rings. The standard InChI is InChI=1S/C12H18ClN3S/c1-16(2)8-7-14-12(17)15-9-10-5-3-4-6-11(10)13/h3-6H,7-9H2,1-2H3,(H2,14,15,17). The Kier molecular flexibility index (Phi) is 6.26. The third-order valence-electron chi connectivity index (χ3n) is 2.24. The molecule has 0 amide bonds. The van der Waals surface area contributed by atoms with Gasteiger partial charge in [-0.1, -0.05) is 29.8 Å². The van der Waals surface area contributed by atoms with E-state index in [1.54, 1.807) is 0 Å². The Labute approximate surface area is 113 Å². The van der Waals surface area contributed by atoms with Gasteiger partial charge >= 0.3 is 0 Å². The lowest BCUT2D eigenvalue weighted by molar-refractivity contribution is 0.412. The molecule has 5 heteroatoms. The molecule has 1 rings (SSSR count). The van der Waals surface area contributed by atoms with Crippen LogP contribution in [0.4, 0.5) is 0 Å². The van der Waals surface area contributed by atoms with Crippen LogP contribution in [0.1, 0.15) is 5.56 Å². The zero-order valence-corrected chi connectivity index (χ0v) is 11.7. The molecule has 0 unspecified atom stereocenters. The molecule has 0 radical (unpaired) electrons. The van der Waals surface area contributed by atoms with Gasteiger partial charge in [0.2, 0.25) is 0 Å². The van der Waals surface area contributed by atoms with Gasteiger partial charge in [-0.3, -0.25) is 0 Å². The van der Waals surface area contributed by atoms with Gasteiger partial charge in [-0.2, -0.15) is 0 Å². The predicted octanol–water partition coefficient (Wildman–Crippen LogP) is 1.87. The van der Waals surface area contributed by atoms with Gasteiger partial charge < -0.3 is 15.5 Å². The van der Waals surface area contributed by atoms with E-state index in [0.717, 1.165) is 23.7 Å². The van der Waals surface area contributed by atoms with Gasteiger partial charge in [0, 0.05) is 24.7 Å². The second-order valence-electron chi connectivity index (χ2n) is 4.00. The van der Waals surface area contributed by atoms with Crippen molar-refractivity contribution in [3.63, 3.8) is 0 Å². The fourth-order valence-corrected chi connectivity index (χ4v) is 1.65. The number of halogens is 1. The SMILES string of the molecule is CN(C)CCNC(=S)NCc1ccccc1Cl. The van der Waals surface area contributed by atoms with Gasteiger partial charge in [0.15, 0.2) is 5.11 Å². The first-order chi connectivity index (χ1) is 8.09. The second kappa shape index (κ2) is 7.48. The lowest BCUT2D eigenvalue weighted by Crippen LogP contribution is -2.38. The maximum absolute atomic E-state index is 6.04. The summed E-state index contributed by atoms with van der Waals surface area (Å²) in [7, 11) is 4.06. The van der Waals surface area contributed by atoms with Crippen LogP contribution >= 0.6 is 23.8 Å². The summed E-state index contributed by atoms with van der Waals surface area (Å²) in [5, 5.41) is 7.69. The van der Waals surface area contributed by atoms with Crippen LogP contribution in [0.25, 0.3) is 0 Å². The Morgan fingerprint density at radius 1 is 1.29 bits per heavy atom. The zero-order chi connectivity index (χ0) is 12.7. The van der Waals surface area contributed by atoms with Crippen LogP contribution in [0.2, 0.25) is 5.02 Å². The molecule has 0 aliphatic rings. The molecule has 2 N–H and O–H groups in total. The van der Waals surface area contributed by atoms with Crippen molar-refractivity contribution in [1.29, 1.82) is 0 Å². The van der Waals surface area contributed by atoms with Crippen molar-refractivity contribution in [2.24, 2.45) is 0 Å². The molecule has 0 heterocycles. The number of benzene rings is 1. The van der Waals surface area contributed by atoms with Gasteiger partial charge in [0.1, 0.15) is 0 Å². The minimum atomic E-state index is 0.646. The van der Waals surface area contributed by atoms with E-state index < -0.39 is 0 Å². The Bertz CT molecular complexity index is 369. The minimum absolute atomic E-state index is 0.646. The number of thiocarbonyl (C=S) groups is 1. The molecule has 3 nitrogen and oxygen atoms in total. The summed E-state index contributed by atoms with van der Waals surface area (Å²) in [4.78, 5) is 2.10. The monoisotopic (exact) mass is 271 g/mol. The van der Waals surface area contributed by atoms with Gasteiger partial charge in [-0.15, -0.1) is 0 Å². The predicted molar refractivity (Wildman–Crippen MR) is 77.4 cm³/mol. The summed E-state index contributed by atoms with van der Waals surface area (Å²) in [6.45, 7) is 2.43. The molecule has 0 saturated heterocycles. The Balaban J connectivity index is 2.26. The number of hydrogen-bond donors (Lipinski definition) is 2. The lowest BCUT2D eigenvalue weighted by atomic mass is 10.2. The molecule has 0 spiro atoms. The fraction of sp³-hybridized carbons (Fsp3) is 0.417. The molecule has 17 heavy (non-hydrogen) atoms. The van der Waals surface area contributed by atoms with Gasteiger partial charge in [0.05, 0.1) is 0 Å². The highest BCUT2D eigenvalue weighted by Crippen LogP contribution is 2.13. The van der Waals surface area contributed by atoms with E-state index in [1.165, 1.54) is 0 Å². The molecule has 0 aromatic heterocycles. The molecule has 0 saturated carbocycles.